The highest BCUT2D eigenvalue weighted by atomic mass is 16.5. The van der Waals surface area contributed by atoms with Crippen LogP contribution in [0, 0.1) is 6.92 Å². The van der Waals surface area contributed by atoms with E-state index in [2.05, 4.69) is 15.2 Å². The van der Waals surface area contributed by atoms with Gasteiger partial charge in [0.05, 0.1) is 25.0 Å². The molecular formula is C16H19N3O3. The molecule has 0 unspecified atom stereocenters. The number of nitrogens with zero attached hydrogens (tertiary/aromatic N) is 2. The molecule has 2 aromatic rings. The fourth-order valence-electron chi connectivity index (χ4n) is 2.52. The fraction of sp³-hybridized carbons (Fsp3) is 0.375. The molecule has 3 heterocycles. The van der Waals surface area contributed by atoms with Gasteiger partial charge >= 0.3 is 0 Å². The van der Waals surface area contributed by atoms with Crippen LogP contribution in [-0.4, -0.2) is 37.2 Å². The van der Waals surface area contributed by atoms with Gasteiger partial charge in [0.2, 0.25) is 0 Å². The second kappa shape index (κ2) is 6.62. The lowest BCUT2D eigenvalue weighted by Crippen LogP contribution is -2.37. The zero-order chi connectivity index (χ0) is 15.4. The highest BCUT2D eigenvalue weighted by Gasteiger charge is 2.17. The Kier molecular flexibility index (Phi) is 4.39. The molecule has 1 saturated heterocycles. The van der Waals surface area contributed by atoms with Crippen molar-refractivity contribution < 1.29 is 13.9 Å². The maximum Gasteiger partial charge on any atom is 0.255 e. The van der Waals surface area contributed by atoms with Gasteiger partial charge in [-0.2, -0.15) is 0 Å². The van der Waals surface area contributed by atoms with Gasteiger partial charge in [0.25, 0.3) is 5.91 Å². The number of rotatable bonds is 4. The molecule has 0 spiro atoms. The van der Waals surface area contributed by atoms with Crippen molar-refractivity contribution in [1.29, 1.82) is 0 Å². The topological polar surface area (TPSA) is 67.6 Å². The zero-order valence-corrected chi connectivity index (χ0v) is 12.5. The van der Waals surface area contributed by atoms with Crippen LogP contribution < -0.4 is 10.2 Å². The number of pyridine rings is 1. The van der Waals surface area contributed by atoms with Crippen LogP contribution in [0.15, 0.2) is 35.1 Å². The van der Waals surface area contributed by atoms with Crippen molar-refractivity contribution in [3.05, 3.63) is 47.5 Å². The van der Waals surface area contributed by atoms with Crippen molar-refractivity contribution in [3.63, 3.8) is 0 Å². The number of furan rings is 1. The van der Waals surface area contributed by atoms with Crippen molar-refractivity contribution in [2.24, 2.45) is 0 Å². The molecule has 0 radical (unpaired) electrons. The van der Waals surface area contributed by atoms with Gasteiger partial charge < -0.3 is 19.4 Å². The van der Waals surface area contributed by atoms with Gasteiger partial charge in [-0.3, -0.25) is 4.79 Å². The van der Waals surface area contributed by atoms with Crippen molar-refractivity contribution in [2.75, 3.05) is 31.2 Å². The van der Waals surface area contributed by atoms with E-state index in [1.54, 1.807) is 19.2 Å². The normalized spacial score (nSPS) is 14.9. The number of aromatic nitrogens is 1. The third kappa shape index (κ3) is 3.12. The smallest absolute Gasteiger partial charge is 0.255 e. The summed E-state index contributed by atoms with van der Waals surface area (Å²) in [5.74, 6) is 1.40. The molecule has 1 amide bonds. The maximum absolute atomic E-state index is 12.2. The first-order valence-electron chi connectivity index (χ1n) is 7.34. The number of amides is 1. The van der Waals surface area contributed by atoms with Crippen LogP contribution in [-0.2, 0) is 11.3 Å². The number of nitrogens with one attached hydrogen (secondary N) is 1. The van der Waals surface area contributed by atoms with Crippen molar-refractivity contribution in [1.82, 2.24) is 10.3 Å². The average Bonchev–Trinajstić information content (AvgIpc) is 3.00. The van der Waals surface area contributed by atoms with Crippen molar-refractivity contribution >= 4 is 11.7 Å². The summed E-state index contributed by atoms with van der Waals surface area (Å²) in [5.41, 5.74) is 1.57. The third-order valence-corrected chi connectivity index (χ3v) is 3.72. The van der Waals surface area contributed by atoms with Crippen LogP contribution in [0.2, 0.25) is 0 Å². The van der Waals surface area contributed by atoms with Crippen molar-refractivity contribution in [3.8, 4) is 0 Å². The number of hydrogen-bond acceptors (Lipinski definition) is 5. The number of hydrogen-bond donors (Lipinski definition) is 1. The predicted octanol–water partition coefficient (Wildman–Crippen LogP) is 1.75. The standard InChI is InChI=1S/C16H19N3O3/c1-12-14(4-8-22-12)16(20)18-11-13-3-2-5-17-15(13)19-6-9-21-10-7-19/h2-5,8H,6-7,9-11H2,1H3,(H,18,20). The Morgan fingerprint density at radius 1 is 1.36 bits per heavy atom. The van der Waals surface area contributed by atoms with Gasteiger partial charge in [-0.15, -0.1) is 0 Å². The predicted molar refractivity (Wildman–Crippen MR) is 81.9 cm³/mol. The molecule has 0 atom stereocenters. The van der Waals surface area contributed by atoms with E-state index in [9.17, 15) is 4.79 Å². The summed E-state index contributed by atoms with van der Waals surface area (Å²) in [4.78, 5) is 18.8. The first-order chi connectivity index (χ1) is 10.8. The second-order valence-corrected chi connectivity index (χ2v) is 5.16. The van der Waals surface area contributed by atoms with E-state index in [4.69, 9.17) is 9.15 Å². The monoisotopic (exact) mass is 301 g/mol. The lowest BCUT2D eigenvalue weighted by molar-refractivity contribution is 0.0949. The molecule has 22 heavy (non-hydrogen) atoms. The van der Waals surface area contributed by atoms with Gasteiger partial charge in [0, 0.05) is 31.4 Å². The van der Waals surface area contributed by atoms with Crippen LogP contribution in [0.1, 0.15) is 21.7 Å². The van der Waals surface area contributed by atoms with Gasteiger partial charge in [-0.05, 0) is 19.1 Å². The van der Waals surface area contributed by atoms with E-state index in [-0.39, 0.29) is 5.91 Å². The average molecular weight is 301 g/mol. The number of carbonyl (C=O) groups is 1. The van der Waals surface area contributed by atoms with Crippen LogP contribution in [0.25, 0.3) is 0 Å². The van der Waals surface area contributed by atoms with Crippen LogP contribution in [0.5, 0.6) is 0 Å². The molecule has 6 heteroatoms. The molecule has 3 rings (SSSR count). The molecule has 0 saturated carbocycles. The molecule has 0 aromatic carbocycles. The Morgan fingerprint density at radius 3 is 2.91 bits per heavy atom. The molecule has 6 nitrogen and oxygen atoms in total. The SMILES string of the molecule is Cc1occc1C(=O)NCc1cccnc1N1CCOCC1. The van der Waals surface area contributed by atoms with Gasteiger partial charge in [-0.25, -0.2) is 4.98 Å². The van der Waals surface area contributed by atoms with Crippen LogP contribution in [0.4, 0.5) is 5.82 Å². The summed E-state index contributed by atoms with van der Waals surface area (Å²) in [6, 6.07) is 5.55. The lowest BCUT2D eigenvalue weighted by atomic mass is 10.2. The van der Waals surface area contributed by atoms with Crippen LogP contribution in [0.3, 0.4) is 0 Å². The van der Waals surface area contributed by atoms with E-state index in [0.717, 1.165) is 24.5 Å². The highest BCUT2D eigenvalue weighted by Crippen LogP contribution is 2.18. The lowest BCUT2D eigenvalue weighted by Gasteiger charge is -2.29. The number of morpholine rings is 1. The summed E-state index contributed by atoms with van der Waals surface area (Å²) < 4.78 is 10.5. The number of anilines is 1. The molecule has 0 bridgehead atoms. The first-order valence-corrected chi connectivity index (χ1v) is 7.34. The number of ether oxygens (including phenoxy) is 1. The molecule has 1 fully saturated rings. The minimum absolute atomic E-state index is 0.136. The summed E-state index contributed by atoms with van der Waals surface area (Å²) in [6.07, 6.45) is 3.30. The summed E-state index contributed by atoms with van der Waals surface area (Å²) in [6.45, 7) is 5.26. The largest absolute Gasteiger partial charge is 0.469 e. The molecule has 1 aliphatic rings. The maximum atomic E-state index is 12.2. The Balaban J connectivity index is 1.70. The Morgan fingerprint density at radius 2 is 2.18 bits per heavy atom. The summed E-state index contributed by atoms with van der Waals surface area (Å²) in [7, 11) is 0. The second-order valence-electron chi connectivity index (χ2n) is 5.16. The van der Waals surface area contributed by atoms with E-state index >= 15 is 0 Å². The number of aryl methyl sites for hydroxylation is 1. The molecule has 0 aliphatic carbocycles. The Bertz CT molecular complexity index is 648. The molecule has 1 aliphatic heterocycles. The zero-order valence-electron chi connectivity index (χ0n) is 12.5. The molecule has 1 N–H and O–H groups in total. The quantitative estimate of drug-likeness (QED) is 0.932. The molecule has 2 aromatic heterocycles. The Hall–Kier alpha value is -2.34. The van der Waals surface area contributed by atoms with E-state index in [1.807, 2.05) is 12.1 Å². The third-order valence-electron chi connectivity index (χ3n) is 3.72. The van der Waals surface area contributed by atoms with E-state index in [1.165, 1.54) is 6.26 Å². The summed E-state index contributed by atoms with van der Waals surface area (Å²) in [5, 5.41) is 2.92. The van der Waals surface area contributed by atoms with E-state index < -0.39 is 0 Å². The van der Waals surface area contributed by atoms with E-state index in [0.29, 0.717) is 31.1 Å². The molecule has 116 valence electrons. The van der Waals surface area contributed by atoms with Gasteiger partial charge in [0.15, 0.2) is 0 Å². The summed E-state index contributed by atoms with van der Waals surface area (Å²) >= 11 is 0. The minimum atomic E-state index is -0.136. The molecular weight excluding hydrogens is 282 g/mol. The minimum Gasteiger partial charge on any atom is -0.469 e. The van der Waals surface area contributed by atoms with Gasteiger partial charge in [-0.1, -0.05) is 6.07 Å². The highest BCUT2D eigenvalue weighted by molar-refractivity contribution is 5.95. The van der Waals surface area contributed by atoms with Gasteiger partial charge in [0.1, 0.15) is 11.6 Å². The number of carbonyl (C=O) groups excluding carboxylic acids is 1. The Labute approximate surface area is 129 Å². The fourth-order valence-corrected chi connectivity index (χ4v) is 2.52. The first kappa shape index (κ1) is 14.6. The van der Waals surface area contributed by atoms with Crippen molar-refractivity contribution in [2.45, 2.75) is 13.5 Å². The van der Waals surface area contributed by atoms with Crippen LogP contribution >= 0.6 is 0 Å².